The van der Waals surface area contributed by atoms with Gasteiger partial charge in [-0.3, -0.25) is 9.69 Å². The summed E-state index contributed by atoms with van der Waals surface area (Å²) in [5, 5.41) is 6.58. The zero-order valence-corrected chi connectivity index (χ0v) is 15.1. The maximum atomic E-state index is 12.6. The average molecular weight is 333 g/mol. The lowest BCUT2D eigenvalue weighted by Gasteiger charge is -2.33. The quantitative estimate of drug-likeness (QED) is 0.763. The van der Waals surface area contributed by atoms with E-state index >= 15 is 0 Å². The number of imidazole rings is 1. The molecule has 2 fully saturated rings. The summed E-state index contributed by atoms with van der Waals surface area (Å²) in [4.78, 5) is 19.2. The summed E-state index contributed by atoms with van der Waals surface area (Å²) in [5.41, 5.74) is 0.356. The molecular weight excluding hydrogens is 302 g/mol. The van der Waals surface area contributed by atoms with Crippen LogP contribution in [0.15, 0.2) is 12.4 Å². The summed E-state index contributed by atoms with van der Waals surface area (Å²) in [6, 6.07) is 0.0440. The van der Waals surface area contributed by atoms with E-state index in [1.54, 1.807) is 0 Å². The van der Waals surface area contributed by atoms with Gasteiger partial charge in [0.2, 0.25) is 5.91 Å². The minimum absolute atomic E-state index is 0.0440. The van der Waals surface area contributed by atoms with Crippen molar-refractivity contribution in [1.82, 2.24) is 25.1 Å². The van der Waals surface area contributed by atoms with Gasteiger partial charge >= 0.3 is 0 Å². The second-order valence-electron chi connectivity index (χ2n) is 7.42. The van der Waals surface area contributed by atoms with E-state index in [0.29, 0.717) is 5.41 Å². The van der Waals surface area contributed by atoms with E-state index in [1.165, 1.54) is 12.8 Å². The van der Waals surface area contributed by atoms with Crippen LogP contribution in [0.5, 0.6) is 0 Å². The molecule has 0 aliphatic carbocycles. The first-order valence-corrected chi connectivity index (χ1v) is 9.32. The summed E-state index contributed by atoms with van der Waals surface area (Å²) in [7, 11) is 2.10. The summed E-state index contributed by atoms with van der Waals surface area (Å²) < 4.78 is 2.18. The van der Waals surface area contributed by atoms with Crippen LogP contribution < -0.4 is 10.6 Å². The van der Waals surface area contributed by atoms with Crippen LogP contribution in [0, 0.1) is 5.41 Å². The molecule has 0 bridgehead atoms. The summed E-state index contributed by atoms with van der Waals surface area (Å²) in [6.45, 7) is 7.01. The van der Waals surface area contributed by atoms with E-state index in [1.807, 2.05) is 12.4 Å². The molecule has 2 saturated heterocycles. The third kappa shape index (κ3) is 3.81. The fourth-order valence-corrected chi connectivity index (χ4v) is 4.32. The van der Waals surface area contributed by atoms with Crippen molar-refractivity contribution in [3.8, 4) is 0 Å². The smallest absolute Gasteiger partial charge is 0.237 e. The molecule has 3 rings (SSSR count). The summed E-state index contributed by atoms with van der Waals surface area (Å²) >= 11 is 0. The van der Waals surface area contributed by atoms with Gasteiger partial charge in [-0.25, -0.2) is 4.98 Å². The Hall–Kier alpha value is -1.40. The van der Waals surface area contributed by atoms with Crippen LogP contribution in [0.25, 0.3) is 0 Å². The molecule has 1 aromatic rings. The fourth-order valence-electron chi connectivity index (χ4n) is 4.32. The van der Waals surface area contributed by atoms with Crippen molar-refractivity contribution in [2.45, 2.75) is 51.6 Å². The first-order chi connectivity index (χ1) is 11.6. The van der Waals surface area contributed by atoms with Crippen molar-refractivity contribution in [1.29, 1.82) is 0 Å². The number of aryl methyl sites for hydroxylation is 2. The number of piperidine rings is 1. The number of amides is 1. The molecule has 134 valence electrons. The Morgan fingerprint density at radius 1 is 1.46 bits per heavy atom. The number of carbonyl (C=O) groups is 1. The maximum absolute atomic E-state index is 12.6. The Balaban J connectivity index is 1.43. The summed E-state index contributed by atoms with van der Waals surface area (Å²) in [6.07, 6.45) is 9.17. The molecule has 1 amide bonds. The SMILES string of the molecule is CCc1nccn1CCCNC(=O)C1CC2(CCNCC2)CN1C. The van der Waals surface area contributed by atoms with E-state index in [4.69, 9.17) is 0 Å². The topological polar surface area (TPSA) is 62.2 Å². The molecule has 2 aliphatic rings. The van der Waals surface area contributed by atoms with Gasteiger partial charge in [0, 0.05) is 38.4 Å². The molecule has 24 heavy (non-hydrogen) atoms. The minimum Gasteiger partial charge on any atom is -0.355 e. The summed E-state index contributed by atoms with van der Waals surface area (Å²) in [5.74, 6) is 1.32. The molecule has 1 spiro atoms. The lowest BCUT2D eigenvalue weighted by molar-refractivity contribution is -0.125. The predicted molar refractivity (Wildman–Crippen MR) is 94.8 cm³/mol. The molecule has 6 nitrogen and oxygen atoms in total. The van der Waals surface area contributed by atoms with Crippen molar-refractivity contribution in [2.24, 2.45) is 5.41 Å². The monoisotopic (exact) mass is 333 g/mol. The Morgan fingerprint density at radius 3 is 3.00 bits per heavy atom. The van der Waals surface area contributed by atoms with E-state index in [9.17, 15) is 4.79 Å². The third-order valence-corrected chi connectivity index (χ3v) is 5.70. The van der Waals surface area contributed by atoms with E-state index in [-0.39, 0.29) is 11.9 Å². The van der Waals surface area contributed by atoms with Crippen LogP contribution in [-0.2, 0) is 17.8 Å². The molecule has 0 radical (unpaired) electrons. The van der Waals surface area contributed by atoms with Gasteiger partial charge in [0.25, 0.3) is 0 Å². The highest BCUT2D eigenvalue weighted by Gasteiger charge is 2.45. The number of hydrogen-bond acceptors (Lipinski definition) is 4. The largest absolute Gasteiger partial charge is 0.355 e. The Morgan fingerprint density at radius 2 is 2.25 bits per heavy atom. The zero-order valence-electron chi connectivity index (χ0n) is 15.1. The van der Waals surface area contributed by atoms with Gasteiger partial charge in [0.1, 0.15) is 5.82 Å². The zero-order chi connectivity index (χ0) is 17.0. The van der Waals surface area contributed by atoms with Gasteiger partial charge in [-0.2, -0.15) is 0 Å². The van der Waals surface area contributed by atoms with E-state index in [0.717, 1.165) is 57.8 Å². The number of aromatic nitrogens is 2. The molecule has 0 aromatic carbocycles. The van der Waals surface area contributed by atoms with Crippen molar-refractivity contribution >= 4 is 5.91 Å². The van der Waals surface area contributed by atoms with E-state index in [2.05, 4.69) is 39.1 Å². The highest BCUT2D eigenvalue weighted by atomic mass is 16.2. The number of rotatable bonds is 6. The first kappa shape index (κ1) is 17.4. The van der Waals surface area contributed by atoms with Gasteiger partial charge < -0.3 is 15.2 Å². The number of likely N-dealkylation sites (tertiary alicyclic amines) is 1. The normalized spacial score (nSPS) is 23.7. The molecule has 1 unspecified atom stereocenters. The fraction of sp³-hybridized carbons (Fsp3) is 0.778. The van der Waals surface area contributed by atoms with Gasteiger partial charge in [0.05, 0.1) is 6.04 Å². The Labute approximate surface area is 145 Å². The Bertz CT molecular complexity index is 549. The molecule has 1 atom stereocenters. The minimum atomic E-state index is 0.0440. The molecular formula is C18H31N5O. The van der Waals surface area contributed by atoms with Crippen LogP contribution in [0.4, 0.5) is 0 Å². The lowest BCUT2D eigenvalue weighted by atomic mass is 9.77. The maximum Gasteiger partial charge on any atom is 0.237 e. The lowest BCUT2D eigenvalue weighted by Crippen LogP contribution is -2.41. The molecule has 3 heterocycles. The molecule has 2 aliphatic heterocycles. The van der Waals surface area contributed by atoms with Crippen molar-refractivity contribution in [3.05, 3.63) is 18.2 Å². The third-order valence-electron chi connectivity index (χ3n) is 5.70. The van der Waals surface area contributed by atoms with Crippen LogP contribution in [0.2, 0.25) is 0 Å². The molecule has 6 heteroatoms. The second kappa shape index (κ2) is 7.66. The van der Waals surface area contributed by atoms with Crippen LogP contribution in [0.3, 0.4) is 0 Å². The van der Waals surface area contributed by atoms with Gasteiger partial charge in [0.15, 0.2) is 0 Å². The second-order valence-corrected chi connectivity index (χ2v) is 7.42. The number of carbonyl (C=O) groups excluding carboxylic acids is 1. The number of hydrogen-bond donors (Lipinski definition) is 2. The Kier molecular flexibility index (Phi) is 5.56. The molecule has 2 N–H and O–H groups in total. The van der Waals surface area contributed by atoms with E-state index < -0.39 is 0 Å². The van der Waals surface area contributed by atoms with Crippen LogP contribution in [-0.4, -0.2) is 59.6 Å². The standard InChI is InChI=1S/C18H31N5O/c1-3-16-20-10-12-23(16)11-4-7-21-17(24)15-13-18(14-22(15)2)5-8-19-9-6-18/h10,12,15,19H,3-9,11,13-14H2,1-2H3,(H,21,24). The highest BCUT2D eigenvalue weighted by molar-refractivity contribution is 5.82. The van der Waals surface area contributed by atoms with Crippen molar-refractivity contribution < 1.29 is 4.79 Å². The van der Waals surface area contributed by atoms with Crippen LogP contribution in [0.1, 0.15) is 38.4 Å². The average Bonchev–Trinajstić information content (AvgIpc) is 3.16. The number of nitrogens with zero attached hydrogens (tertiary/aromatic N) is 3. The van der Waals surface area contributed by atoms with Gasteiger partial charge in [-0.05, 0) is 51.2 Å². The predicted octanol–water partition coefficient (Wildman–Crippen LogP) is 1.03. The highest BCUT2D eigenvalue weighted by Crippen LogP contribution is 2.41. The molecule has 0 saturated carbocycles. The molecule has 1 aromatic heterocycles. The first-order valence-electron chi connectivity index (χ1n) is 9.32. The number of nitrogens with one attached hydrogen (secondary N) is 2. The van der Waals surface area contributed by atoms with Gasteiger partial charge in [-0.1, -0.05) is 6.92 Å². The van der Waals surface area contributed by atoms with Crippen molar-refractivity contribution in [2.75, 3.05) is 33.2 Å². The van der Waals surface area contributed by atoms with Gasteiger partial charge in [-0.15, -0.1) is 0 Å². The number of likely N-dealkylation sites (N-methyl/N-ethyl adjacent to an activating group) is 1. The van der Waals surface area contributed by atoms with Crippen molar-refractivity contribution in [3.63, 3.8) is 0 Å². The van der Waals surface area contributed by atoms with Crippen LogP contribution >= 0.6 is 0 Å².